The van der Waals surface area contributed by atoms with E-state index in [-0.39, 0.29) is 11.9 Å². The number of hydrogen-bond donors (Lipinski definition) is 0. The predicted molar refractivity (Wildman–Crippen MR) is 121 cm³/mol. The molecular weight excluding hydrogens is 344 g/mol. The average molecular weight is 395 g/mol. The number of esters is 1. The minimum atomic E-state index is 0.0900. The smallest absolute Gasteiger partial charge is 0.308 e. The van der Waals surface area contributed by atoms with Gasteiger partial charge in [0.2, 0.25) is 0 Å². The van der Waals surface area contributed by atoms with Crippen LogP contribution in [0.3, 0.4) is 0 Å². The van der Waals surface area contributed by atoms with E-state index < -0.39 is 0 Å². The molecule has 0 saturated heterocycles. The SMILES string of the molecule is CCCCC(CC)COC(=O)C1CCC(CCCC(C)CCCC(C)C)CC1. The number of ether oxygens (including phenoxy) is 1. The topological polar surface area (TPSA) is 26.3 Å². The first-order valence-electron chi connectivity index (χ1n) is 12.6. The quantitative estimate of drug-likeness (QED) is 0.262. The molecule has 1 fully saturated rings. The Morgan fingerprint density at radius 3 is 2.18 bits per heavy atom. The first-order valence-corrected chi connectivity index (χ1v) is 12.6. The summed E-state index contributed by atoms with van der Waals surface area (Å²) < 4.78 is 5.69. The van der Waals surface area contributed by atoms with E-state index in [2.05, 4.69) is 34.6 Å². The maximum Gasteiger partial charge on any atom is 0.308 e. The van der Waals surface area contributed by atoms with Crippen molar-refractivity contribution >= 4 is 5.97 Å². The fourth-order valence-electron chi connectivity index (χ4n) is 4.68. The molecule has 2 heteroatoms. The molecule has 0 aromatic heterocycles. The second kappa shape index (κ2) is 15.3. The largest absolute Gasteiger partial charge is 0.465 e. The Bertz CT molecular complexity index is 382. The molecule has 0 aliphatic heterocycles. The standard InChI is InChI=1S/C26H50O2/c1-6-8-14-23(7-2)20-28-26(27)25-18-16-24(17-19-25)15-10-13-22(5)12-9-11-21(3)4/h21-25H,6-20H2,1-5H3. The van der Waals surface area contributed by atoms with Crippen LogP contribution in [-0.2, 0) is 9.53 Å². The lowest BCUT2D eigenvalue weighted by molar-refractivity contribution is -0.151. The zero-order chi connectivity index (χ0) is 20.8. The normalized spacial score (nSPS) is 22.2. The molecule has 0 radical (unpaired) electrons. The summed E-state index contributed by atoms with van der Waals surface area (Å²) >= 11 is 0. The lowest BCUT2D eigenvalue weighted by Crippen LogP contribution is -2.25. The van der Waals surface area contributed by atoms with Crippen LogP contribution in [0.2, 0.25) is 0 Å². The lowest BCUT2D eigenvalue weighted by Gasteiger charge is -2.28. The Kier molecular flexibility index (Phi) is 14.0. The summed E-state index contributed by atoms with van der Waals surface area (Å²) in [6.45, 7) is 12.2. The van der Waals surface area contributed by atoms with E-state index in [4.69, 9.17) is 4.74 Å². The summed E-state index contributed by atoms with van der Waals surface area (Å²) in [5.41, 5.74) is 0. The van der Waals surface area contributed by atoms with Crippen molar-refractivity contribution in [1.29, 1.82) is 0 Å². The molecule has 1 aliphatic rings. The fourth-order valence-corrected chi connectivity index (χ4v) is 4.68. The Morgan fingerprint density at radius 2 is 1.57 bits per heavy atom. The molecule has 2 atom stereocenters. The predicted octanol–water partition coefficient (Wildman–Crippen LogP) is 8.19. The maximum absolute atomic E-state index is 12.4. The van der Waals surface area contributed by atoms with E-state index in [1.54, 1.807) is 0 Å². The van der Waals surface area contributed by atoms with Gasteiger partial charge in [0.15, 0.2) is 0 Å². The Hall–Kier alpha value is -0.530. The minimum Gasteiger partial charge on any atom is -0.465 e. The molecule has 1 aliphatic carbocycles. The molecule has 0 bridgehead atoms. The fraction of sp³-hybridized carbons (Fsp3) is 0.962. The van der Waals surface area contributed by atoms with Crippen molar-refractivity contribution in [1.82, 2.24) is 0 Å². The molecule has 0 aromatic rings. The van der Waals surface area contributed by atoms with Gasteiger partial charge in [0.05, 0.1) is 12.5 Å². The van der Waals surface area contributed by atoms with E-state index in [9.17, 15) is 4.79 Å². The van der Waals surface area contributed by atoms with Gasteiger partial charge in [-0.2, -0.15) is 0 Å². The van der Waals surface area contributed by atoms with Gasteiger partial charge >= 0.3 is 5.97 Å². The van der Waals surface area contributed by atoms with E-state index in [0.717, 1.165) is 37.0 Å². The van der Waals surface area contributed by atoms with Crippen molar-refractivity contribution in [3.63, 3.8) is 0 Å². The van der Waals surface area contributed by atoms with Crippen molar-refractivity contribution in [2.45, 2.75) is 125 Å². The highest BCUT2D eigenvalue weighted by Crippen LogP contribution is 2.33. The van der Waals surface area contributed by atoms with E-state index in [1.165, 1.54) is 70.6 Å². The first kappa shape index (κ1) is 25.5. The minimum absolute atomic E-state index is 0.0900. The van der Waals surface area contributed by atoms with Gasteiger partial charge < -0.3 is 4.74 Å². The van der Waals surface area contributed by atoms with Gasteiger partial charge in [-0.15, -0.1) is 0 Å². The van der Waals surface area contributed by atoms with Gasteiger partial charge in [0.1, 0.15) is 0 Å². The Labute approximate surface area is 176 Å². The third kappa shape index (κ3) is 11.5. The van der Waals surface area contributed by atoms with Gasteiger partial charge in [0, 0.05) is 0 Å². The molecule has 0 aromatic carbocycles. The van der Waals surface area contributed by atoms with Crippen molar-refractivity contribution in [3.05, 3.63) is 0 Å². The molecule has 0 spiro atoms. The molecular formula is C26H50O2. The summed E-state index contributed by atoms with van der Waals surface area (Å²) in [6.07, 6.45) is 17.7. The molecule has 2 unspecified atom stereocenters. The van der Waals surface area contributed by atoms with E-state index in [1.807, 2.05) is 0 Å². The summed E-state index contributed by atoms with van der Waals surface area (Å²) in [6, 6.07) is 0. The second-order valence-corrected chi connectivity index (χ2v) is 10.1. The molecule has 0 N–H and O–H groups in total. The highest BCUT2D eigenvalue weighted by Gasteiger charge is 2.27. The number of carbonyl (C=O) groups is 1. The van der Waals surface area contributed by atoms with Crippen LogP contribution in [0.1, 0.15) is 125 Å². The van der Waals surface area contributed by atoms with E-state index >= 15 is 0 Å². The molecule has 166 valence electrons. The maximum atomic E-state index is 12.4. The van der Waals surface area contributed by atoms with Crippen molar-refractivity contribution in [3.8, 4) is 0 Å². The zero-order valence-electron chi connectivity index (χ0n) is 19.8. The first-order chi connectivity index (χ1) is 13.5. The third-order valence-corrected chi connectivity index (χ3v) is 6.97. The summed E-state index contributed by atoms with van der Waals surface area (Å²) in [7, 11) is 0. The van der Waals surface area contributed by atoms with Gasteiger partial charge in [0.25, 0.3) is 0 Å². The van der Waals surface area contributed by atoms with Gasteiger partial charge in [-0.25, -0.2) is 0 Å². The van der Waals surface area contributed by atoms with Gasteiger partial charge in [-0.05, 0) is 55.8 Å². The molecule has 28 heavy (non-hydrogen) atoms. The number of carbonyl (C=O) groups excluding carboxylic acids is 1. The number of hydrogen-bond acceptors (Lipinski definition) is 2. The van der Waals surface area contributed by atoms with Crippen LogP contribution in [0.5, 0.6) is 0 Å². The third-order valence-electron chi connectivity index (χ3n) is 6.97. The van der Waals surface area contributed by atoms with Crippen LogP contribution in [0.15, 0.2) is 0 Å². The summed E-state index contributed by atoms with van der Waals surface area (Å²) in [4.78, 5) is 12.4. The van der Waals surface area contributed by atoms with Gasteiger partial charge in [-0.1, -0.05) is 92.4 Å². The molecule has 1 rings (SSSR count). The van der Waals surface area contributed by atoms with Gasteiger partial charge in [-0.3, -0.25) is 4.79 Å². The van der Waals surface area contributed by atoms with Crippen LogP contribution >= 0.6 is 0 Å². The van der Waals surface area contributed by atoms with Crippen LogP contribution < -0.4 is 0 Å². The van der Waals surface area contributed by atoms with Crippen molar-refractivity contribution < 1.29 is 9.53 Å². The Morgan fingerprint density at radius 1 is 0.893 bits per heavy atom. The highest BCUT2D eigenvalue weighted by atomic mass is 16.5. The highest BCUT2D eigenvalue weighted by molar-refractivity contribution is 5.72. The molecule has 0 amide bonds. The average Bonchev–Trinajstić information content (AvgIpc) is 2.68. The van der Waals surface area contributed by atoms with Crippen LogP contribution in [0.25, 0.3) is 0 Å². The van der Waals surface area contributed by atoms with E-state index in [0.29, 0.717) is 12.5 Å². The second-order valence-electron chi connectivity index (χ2n) is 10.1. The lowest BCUT2D eigenvalue weighted by atomic mass is 9.79. The number of rotatable bonds is 15. The summed E-state index contributed by atoms with van der Waals surface area (Å²) in [5.74, 6) is 3.40. The van der Waals surface area contributed by atoms with Crippen LogP contribution in [0.4, 0.5) is 0 Å². The molecule has 1 saturated carbocycles. The van der Waals surface area contributed by atoms with Crippen LogP contribution in [-0.4, -0.2) is 12.6 Å². The molecule has 2 nitrogen and oxygen atoms in total. The number of unbranched alkanes of at least 4 members (excludes halogenated alkanes) is 1. The monoisotopic (exact) mass is 394 g/mol. The van der Waals surface area contributed by atoms with Crippen molar-refractivity contribution in [2.24, 2.45) is 29.6 Å². The van der Waals surface area contributed by atoms with Crippen LogP contribution in [0, 0.1) is 29.6 Å². The summed E-state index contributed by atoms with van der Waals surface area (Å²) in [5, 5.41) is 0. The molecule has 0 heterocycles. The zero-order valence-corrected chi connectivity index (χ0v) is 19.8. The Balaban J connectivity index is 2.13. The van der Waals surface area contributed by atoms with Crippen molar-refractivity contribution in [2.75, 3.05) is 6.61 Å².